The Morgan fingerprint density at radius 2 is 1.77 bits per heavy atom. The van der Waals surface area contributed by atoms with Crippen LogP contribution in [0.1, 0.15) is 5.82 Å². The highest BCUT2D eigenvalue weighted by molar-refractivity contribution is 7.78. The van der Waals surface area contributed by atoms with Crippen LogP contribution in [-0.2, 0) is 16.8 Å². The predicted octanol–water partition coefficient (Wildman–Crippen LogP) is 1.53. The zero-order valence-corrected chi connectivity index (χ0v) is 14.0. The lowest BCUT2D eigenvalue weighted by atomic mass is 10.1. The molecule has 4 N–H and O–H groups in total. The van der Waals surface area contributed by atoms with E-state index in [-0.39, 0.29) is 23.2 Å². The summed E-state index contributed by atoms with van der Waals surface area (Å²) in [6.07, 6.45) is 0. The maximum atomic E-state index is 11.5. The van der Waals surface area contributed by atoms with Gasteiger partial charge in [0.05, 0.1) is 16.6 Å². The lowest BCUT2D eigenvalue weighted by molar-refractivity contribution is 0.477. The minimum absolute atomic E-state index is 0.103. The summed E-state index contributed by atoms with van der Waals surface area (Å²) in [5.74, 6) is 0.243. The average Bonchev–Trinajstić information content (AvgIpc) is 3.16. The summed E-state index contributed by atoms with van der Waals surface area (Å²) in [6, 6.07) is 12.0. The van der Waals surface area contributed by atoms with Crippen LogP contribution >= 0.6 is 0 Å². The van der Waals surface area contributed by atoms with Crippen LogP contribution in [0, 0.1) is 0 Å². The van der Waals surface area contributed by atoms with Crippen molar-refractivity contribution in [3.05, 3.63) is 58.8 Å². The maximum Gasteiger partial charge on any atom is 0.323 e. The van der Waals surface area contributed by atoms with Gasteiger partial charge in [0.2, 0.25) is 0 Å². The van der Waals surface area contributed by atoms with Crippen molar-refractivity contribution in [2.75, 3.05) is 0 Å². The molecule has 2 aromatic heterocycles. The van der Waals surface area contributed by atoms with Gasteiger partial charge in [-0.25, -0.2) is 9.00 Å². The van der Waals surface area contributed by atoms with E-state index in [1.807, 2.05) is 18.2 Å². The van der Waals surface area contributed by atoms with Gasteiger partial charge >= 0.3 is 5.69 Å². The first-order valence-electron chi connectivity index (χ1n) is 7.55. The zero-order valence-electron chi connectivity index (χ0n) is 13.2. The van der Waals surface area contributed by atoms with Gasteiger partial charge in [-0.15, -0.1) is 10.2 Å². The number of phenols is 1. The summed E-state index contributed by atoms with van der Waals surface area (Å²) < 4.78 is 22.1. The fraction of sp³-hybridized carbons (Fsp3) is 0.0625. The molecule has 0 aliphatic rings. The Morgan fingerprint density at radius 1 is 1.08 bits per heavy atom. The molecule has 4 aromatic rings. The maximum absolute atomic E-state index is 11.5. The summed E-state index contributed by atoms with van der Waals surface area (Å²) in [5, 5.41) is 18.5. The number of phenolic OH excluding ortho intramolecular Hbond substituents is 1. The van der Waals surface area contributed by atoms with Gasteiger partial charge in [0.15, 0.2) is 22.7 Å². The molecule has 0 radical (unpaired) electrons. The normalized spacial score (nSPS) is 12.5. The van der Waals surface area contributed by atoms with E-state index in [2.05, 4.69) is 20.2 Å². The molecule has 10 heteroatoms. The molecule has 0 spiro atoms. The number of H-pyrrole nitrogens is 2. The van der Waals surface area contributed by atoms with Crippen molar-refractivity contribution in [1.82, 2.24) is 24.7 Å². The third kappa shape index (κ3) is 2.80. The van der Waals surface area contributed by atoms with Crippen LogP contribution in [0.4, 0.5) is 0 Å². The number of rotatable bonds is 4. The second-order valence-corrected chi connectivity index (χ2v) is 6.50. The molecule has 1 unspecified atom stereocenters. The summed E-state index contributed by atoms with van der Waals surface area (Å²) in [5.41, 5.74) is 1.57. The summed E-state index contributed by atoms with van der Waals surface area (Å²) in [7, 11) is 0. The second-order valence-electron chi connectivity index (χ2n) is 5.57. The average molecular weight is 371 g/mol. The number of aromatic hydroxyl groups is 1. The molecule has 0 saturated heterocycles. The number of imidazole rings is 1. The van der Waals surface area contributed by atoms with Gasteiger partial charge < -0.3 is 19.6 Å². The van der Waals surface area contributed by atoms with Gasteiger partial charge in [-0.3, -0.25) is 4.57 Å². The van der Waals surface area contributed by atoms with Crippen LogP contribution in [0.2, 0.25) is 0 Å². The number of para-hydroxylation sites is 1. The van der Waals surface area contributed by atoms with E-state index in [1.54, 1.807) is 22.8 Å². The Labute approximate surface area is 148 Å². The lowest BCUT2D eigenvalue weighted by Crippen LogP contribution is -2.06. The SMILES string of the molecule is O=c1[nH]c2cc(O)c(-c3nnc(CS(=O)O)n3-c3ccccc3)cc2[nH]1. The minimum Gasteiger partial charge on any atom is -0.507 e. The van der Waals surface area contributed by atoms with Crippen molar-refractivity contribution in [2.24, 2.45) is 0 Å². The van der Waals surface area contributed by atoms with Gasteiger partial charge in [0, 0.05) is 11.8 Å². The van der Waals surface area contributed by atoms with Crippen LogP contribution in [0.15, 0.2) is 47.3 Å². The van der Waals surface area contributed by atoms with Crippen LogP contribution < -0.4 is 5.69 Å². The van der Waals surface area contributed by atoms with E-state index in [1.165, 1.54) is 6.07 Å². The zero-order chi connectivity index (χ0) is 18.3. The minimum atomic E-state index is -2.11. The Morgan fingerprint density at radius 3 is 2.46 bits per heavy atom. The highest BCUT2D eigenvalue weighted by atomic mass is 32.2. The van der Waals surface area contributed by atoms with Gasteiger partial charge in [-0.2, -0.15) is 0 Å². The number of hydrogen-bond acceptors (Lipinski definition) is 5. The van der Waals surface area contributed by atoms with Gasteiger partial charge in [0.1, 0.15) is 11.5 Å². The van der Waals surface area contributed by atoms with Crippen molar-refractivity contribution in [1.29, 1.82) is 0 Å². The van der Waals surface area contributed by atoms with E-state index in [9.17, 15) is 18.7 Å². The molecule has 0 bridgehead atoms. The van der Waals surface area contributed by atoms with Gasteiger partial charge in [-0.05, 0) is 18.2 Å². The lowest BCUT2D eigenvalue weighted by Gasteiger charge is -2.11. The first-order valence-corrected chi connectivity index (χ1v) is 8.83. The molecule has 0 amide bonds. The summed E-state index contributed by atoms with van der Waals surface area (Å²) in [6.45, 7) is 0. The number of fused-ring (bicyclic) bond motifs is 1. The molecule has 4 rings (SSSR count). The Bertz CT molecular complexity index is 1180. The summed E-state index contributed by atoms with van der Waals surface area (Å²) in [4.78, 5) is 16.7. The molecular weight excluding hydrogens is 358 g/mol. The molecule has 132 valence electrons. The van der Waals surface area contributed by atoms with Gasteiger partial charge in [0.25, 0.3) is 0 Å². The topological polar surface area (TPSA) is 137 Å². The molecule has 0 aliphatic heterocycles. The van der Waals surface area contributed by atoms with E-state index >= 15 is 0 Å². The number of nitrogens with one attached hydrogen (secondary N) is 2. The Kier molecular flexibility index (Phi) is 3.90. The van der Waals surface area contributed by atoms with Crippen molar-refractivity contribution in [3.63, 3.8) is 0 Å². The molecule has 0 aliphatic carbocycles. The fourth-order valence-corrected chi connectivity index (χ4v) is 3.20. The van der Waals surface area contributed by atoms with Crippen LogP contribution in [0.25, 0.3) is 28.1 Å². The van der Waals surface area contributed by atoms with E-state index in [0.717, 1.165) is 0 Å². The molecule has 0 saturated carbocycles. The number of aromatic amines is 2. The first kappa shape index (κ1) is 16.2. The largest absolute Gasteiger partial charge is 0.507 e. The van der Waals surface area contributed by atoms with E-state index in [0.29, 0.717) is 22.3 Å². The van der Waals surface area contributed by atoms with Crippen LogP contribution in [0.5, 0.6) is 5.75 Å². The molecule has 26 heavy (non-hydrogen) atoms. The molecule has 2 aromatic carbocycles. The number of hydrogen-bond donors (Lipinski definition) is 4. The third-order valence-corrected chi connectivity index (χ3v) is 4.38. The smallest absolute Gasteiger partial charge is 0.323 e. The fourth-order valence-electron chi connectivity index (χ4n) is 2.79. The van der Waals surface area contributed by atoms with Crippen molar-refractivity contribution in [3.8, 4) is 22.8 Å². The Balaban J connectivity index is 1.97. The summed E-state index contributed by atoms with van der Waals surface area (Å²) >= 11 is -2.11. The quantitative estimate of drug-likeness (QED) is 0.402. The molecule has 9 nitrogen and oxygen atoms in total. The monoisotopic (exact) mass is 371 g/mol. The standard InChI is InChI=1S/C16H13N5O4S/c22-13-7-12-11(17-16(23)18-12)6-10(13)15-20-19-14(8-26(24)25)21(15)9-4-2-1-3-5-9/h1-7,22H,8H2,(H,24,25)(H2,17,18,23). The van der Waals surface area contributed by atoms with E-state index in [4.69, 9.17) is 0 Å². The van der Waals surface area contributed by atoms with Gasteiger partial charge in [-0.1, -0.05) is 18.2 Å². The predicted molar refractivity (Wildman–Crippen MR) is 95.4 cm³/mol. The van der Waals surface area contributed by atoms with E-state index < -0.39 is 16.8 Å². The third-order valence-electron chi connectivity index (χ3n) is 3.87. The van der Waals surface area contributed by atoms with Crippen molar-refractivity contribution >= 4 is 22.1 Å². The number of nitrogens with zero attached hydrogens (tertiary/aromatic N) is 3. The second kappa shape index (κ2) is 6.24. The first-order chi connectivity index (χ1) is 12.5. The highest BCUT2D eigenvalue weighted by Crippen LogP contribution is 2.33. The highest BCUT2D eigenvalue weighted by Gasteiger charge is 2.20. The molecule has 2 heterocycles. The molecule has 1 atom stereocenters. The number of aromatic nitrogens is 5. The van der Waals surface area contributed by atoms with Crippen molar-refractivity contribution in [2.45, 2.75) is 5.75 Å². The molecular formula is C16H13N5O4S. The Hall–Kier alpha value is -3.24. The number of benzene rings is 2. The van der Waals surface area contributed by atoms with Crippen LogP contribution in [-0.4, -0.2) is 38.6 Å². The van der Waals surface area contributed by atoms with Crippen molar-refractivity contribution < 1.29 is 13.9 Å². The molecule has 0 fully saturated rings. The van der Waals surface area contributed by atoms with Crippen LogP contribution in [0.3, 0.4) is 0 Å².